The highest BCUT2D eigenvalue weighted by Gasteiger charge is 2.39. The van der Waals surface area contributed by atoms with Crippen LogP contribution in [0.25, 0.3) is 0 Å². The van der Waals surface area contributed by atoms with Gasteiger partial charge in [-0.1, -0.05) is 0 Å². The molecule has 72 valence electrons. The third-order valence-corrected chi connectivity index (χ3v) is 2.39. The van der Waals surface area contributed by atoms with E-state index in [1.807, 2.05) is 0 Å². The Morgan fingerprint density at radius 1 is 1.46 bits per heavy atom. The number of halogens is 3. The van der Waals surface area contributed by atoms with Crippen LogP contribution in [0.1, 0.15) is 0 Å². The Morgan fingerprint density at radius 3 is 2.54 bits per heavy atom. The van der Waals surface area contributed by atoms with Gasteiger partial charge in [0, 0.05) is 12.4 Å². The number of rotatable bonds is 1. The van der Waals surface area contributed by atoms with Crippen LogP contribution in [0, 0.1) is 0 Å². The third-order valence-electron chi connectivity index (χ3n) is 1.23. The number of nitrogens with zero attached hydrogens (tertiary/aromatic N) is 1. The number of hydrogen-bond acceptors (Lipinski definition) is 3. The van der Waals surface area contributed by atoms with Gasteiger partial charge in [-0.3, -0.25) is 4.98 Å². The number of aromatic nitrogens is 1. The van der Waals surface area contributed by atoms with Crippen molar-refractivity contribution < 1.29 is 17.4 Å². The first-order chi connectivity index (χ1) is 5.93. The smallest absolute Gasteiger partial charge is 0.398 e. The molecule has 1 rings (SSSR count). The van der Waals surface area contributed by atoms with Crippen LogP contribution in [-0.2, 0) is 10.8 Å². The summed E-state index contributed by atoms with van der Waals surface area (Å²) in [7, 11) is -3.10. The molecule has 7 heteroatoms. The van der Waals surface area contributed by atoms with Gasteiger partial charge in [0.05, 0.1) is 10.6 Å². The van der Waals surface area contributed by atoms with Crippen molar-refractivity contribution in [3.63, 3.8) is 0 Å². The molecule has 3 nitrogen and oxygen atoms in total. The van der Waals surface area contributed by atoms with Gasteiger partial charge in [-0.2, -0.15) is 13.2 Å². The van der Waals surface area contributed by atoms with Gasteiger partial charge in [0.15, 0.2) is 10.8 Å². The number of alkyl halides is 3. The summed E-state index contributed by atoms with van der Waals surface area (Å²) in [6.07, 6.45) is 2.07. The summed E-state index contributed by atoms with van der Waals surface area (Å²) >= 11 is 0. The zero-order chi connectivity index (χ0) is 10.1. The average Bonchev–Trinajstić information content (AvgIpc) is 2.02. The lowest BCUT2D eigenvalue weighted by atomic mass is 10.4. The summed E-state index contributed by atoms with van der Waals surface area (Å²) in [6, 6.07) is 1.17. The summed E-state index contributed by atoms with van der Waals surface area (Å²) < 4.78 is 46.5. The van der Waals surface area contributed by atoms with Gasteiger partial charge < -0.3 is 5.73 Å². The van der Waals surface area contributed by atoms with E-state index < -0.39 is 21.2 Å². The van der Waals surface area contributed by atoms with E-state index in [0.29, 0.717) is 0 Å². The number of anilines is 1. The van der Waals surface area contributed by atoms with Gasteiger partial charge >= 0.3 is 5.51 Å². The number of pyridine rings is 1. The van der Waals surface area contributed by atoms with Crippen molar-refractivity contribution in [1.29, 1.82) is 0 Å². The first-order valence-electron chi connectivity index (χ1n) is 3.11. The summed E-state index contributed by atoms with van der Waals surface area (Å²) in [6.45, 7) is 0. The fourth-order valence-electron chi connectivity index (χ4n) is 0.670. The fraction of sp³-hybridized carbons (Fsp3) is 0.167. The minimum Gasteiger partial charge on any atom is -0.398 e. The van der Waals surface area contributed by atoms with E-state index in [9.17, 15) is 17.4 Å². The SMILES string of the molecule is Nc1ccncc1S(=O)C(F)(F)F. The van der Waals surface area contributed by atoms with Gasteiger partial charge in [-0.25, -0.2) is 4.21 Å². The molecule has 0 saturated carbocycles. The largest absolute Gasteiger partial charge is 0.475 e. The molecule has 0 amide bonds. The van der Waals surface area contributed by atoms with Crippen LogP contribution >= 0.6 is 0 Å². The van der Waals surface area contributed by atoms with E-state index in [1.165, 1.54) is 12.3 Å². The van der Waals surface area contributed by atoms with Gasteiger partial charge in [0.25, 0.3) is 0 Å². The van der Waals surface area contributed by atoms with Crippen LogP contribution in [0.3, 0.4) is 0 Å². The quantitative estimate of drug-likeness (QED) is 0.759. The van der Waals surface area contributed by atoms with E-state index in [1.54, 1.807) is 0 Å². The van der Waals surface area contributed by atoms with Gasteiger partial charge in [-0.05, 0) is 6.07 Å². The summed E-state index contributed by atoms with van der Waals surface area (Å²) in [4.78, 5) is 2.90. The molecule has 0 aliphatic rings. The van der Waals surface area contributed by atoms with Crippen LogP contribution in [0.5, 0.6) is 0 Å². The maximum absolute atomic E-state index is 11.9. The fourth-order valence-corrected chi connectivity index (χ4v) is 1.36. The Bertz CT molecular complexity index is 339. The second kappa shape index (κ2) is 3.33. The van der Waals surface area contributed by atoms with Crippen molar-refractivity contribution in [2.24, 2.45) is 0 Å². The summed E-state index contributed by atoms with van der Waals surface area (Å²) in [5.41, 5.74) is 0.215. The van der Waals surface area contributed by atoms with Crippen molar-refractivity contribution in [2.75, 3.05) is 5.73 Å². The molecule has 1 atom stereocenters. The lowest BCUT2D eigenvalue weighted by Gasteiger charge is -2.06. The second-order valence-corrected chi connectivity index (χ2v) is 3.57. The zero-order valence-corrected chi connectivity index (χ0v) is 7.02. The first kappa shape index (κ1) is 9.97. The molecule has 2 N–H and O–H groups in total. The molecule has 1 aromatic heterocycles. The van der Waals surface area contributed by atoms with Crippen molar-refractivity contribution in [2.45, 2.75) is 10.4 Å². The van der Waals surface area contributed by atoms with E-state index in [-0.39, 0.29) is 5.69 Å². The van der Waals surface area contributed by atoms with Crippen LogP contribution in [0.15, 0.2) is 23.4 Å². The Labute approximate surface area is 74.2 Å². The normalized spacial score (nSPS) is 14.1. The highest BCUT2D eigenvalue weighted by molar-refractivity contribution is 7.86. The predicted octanol–water partition coefficient (Wildman–Crippen LogP) is 1.29. The second-order valence-electron chi connectivity index (χ2n) is 2.13. The van der Waals surface area contributed by atoms with E-state index >= 15 is 0 Å². The molecule has 1 aromatic rings. The standard InChI is InChI=1S/C6H5F3N2OS/c7-6(8,9)13(12)5-3-11-2-1-4(5)10/h1-3H,(H2,10,11). The molecule has 0 fully saturated rings. The van der Waals surface area contributed by atoms with E-state index in [2.05, 4.69) is 4.98 Å². The lowest BCUT2D eigenvalue weighted by molar-refractivity contribution is -0.0384. The van der Waals surface area contributed by atoms with Gasteiger partial charge in [0.1, 0.15) is 0 Å². The minimum atomic E-state index is -4.79. The summed E-state index contributed by atoms with van der Waals surface area (Å²) in [5, 5.41) is 0. The van der Waals surface area contributed by atoms with Crippen LogP contribution < -0.4 is 5.73 Å². The maximum atomic E-state index is 11.9. The van der Waals surface area contributed by atoms with E-state index in [0.717, 1.165) is 6.20 Å². The number of nitrogens with two attached hydrogens (primary N) is 1. The molecule has 0 aliphatic heterocycles. The molecule has 1 unspecified atom stereocenters. The highest BCUT2D eigenvalue weighted by Crippen LogP contribution is 2.28. The first-order valence-corrected chi connectivity index (χ1v) is 4.26. The predicted molar refractivity (Wildman–Crippen MR) is 41.1 cm³/mol. The number of hydrogen-bond donors (Lipinski definition) is 1. The highest BCUT2D eigenvalue weighted by atomic mass is 32.2. The maximum Gasteiger partial charge on any atom is 0.475 e. The van der Waals surface area contributed by atoms with Crippen molar-refractivity contribution in [3.05, 3.63) is 18.5 Å². The molecule has 0 aliphatic carbocycles. The molecule has 0 saturated heterocycles. The topological polar surface area (TPSA) is 56.0 Å². The molecular weight excluding hydrogens is 205 g/mol. The van der Waals surface area contributed by atoms with Crippen molar-refractivity contribution in [1.82, 2.24) is 4.98 Å². The molecule has 13 heavy (non-hydrogen) atoms. The molecule has 0 bridgehead atoms. The molecular formula is C6H5F3N2OS. The zero-order valence-electron chi connectivity index (χ0n) is 6.21. The molecule has 1 heterocycles. The number of nitrogen functional groups attached to an aromatic ring is 1. The average molecular weight is 210 g/mol. The molecule has 0 radical (unpaired) electrons. The summed E-state index contributed by atoms with van der Waals surface area (Å²) in [5.74, 6) is 0. The monoisotopic (exact) mass is 210 g/mol. The van der Waals surface area contributed by atoms with Gasteiger partial charge in [-0.15, -0.1) is 0 Å². The Hall–Kier alpha value is -1.11. The third kappa shape index (κ3) is 2.18. The van der Waals surface area contributed by atoms with Crippen LogP contribution in [0.4, 0.5) is 18.9 Å². The van der Waals surface area contributed by atoms with Crippen molar-refractivity contribution >= 4 is 16.5 Å². The lowest BCUT2D eigenvalue weighted by Crippen LogP contribution is -2.17. The minimum absolute atomic E-state index is 0.175. The van der Waals surface area contributed by atoms with Crippen molar-refractivity contribution in [3.8, 4) is 0 Å². The Balaban J connectivity index is 3.10. The molecule has 0 aromatic carbocycles. The van der Waals surface area contributed by atoms with E-state index in [4.69, 9.17) is 5.73 Å². The van der Waals surface area contributed by atoms with Gasteiger partial charge in [0.2, 0.25) is 0 Å². The van der Waals surface area contributed by atoms with Crippen LogP contribution in [-0.4, -0.2) is 14.7 Å². The molecule has 0 spiro atoms. The Kier molecular flexibility index (Phi) is 2.55. The Morgan fingerprint density at radius 2 is 2.08 bits per heavy atom. The van der Waals surface area contributed by atoms with Crippen LogP contribution in [0.2, 0.25) is 0 Å².